The number of anilines is 2. The molecule has 0 atom stereocenters. The molecule has 3 N–H and O–H groups in total. The number of rotatable bonds is 4. The van der Waals surface area contributed by atoms with Crippen LogP contribution in [0.1, 0.15) is 26.3 Å². The van der Waals surface area contributed by atoms with Crippen molar-refractivity contribution in [2.75, 3.05) is 10.6 Å². The van der Waals surface area contributed by atoms with Gasteiger partial charge in [-0.25, -0.2) is 0 Å². The van der Waals surface area contributed by atoms with Crippen molar-refractivity contribution in [1.29, 1.82) is 0 Å². The number of halogens is 1. The Balaban J connectivity index is 1.57. The molecule has 0 aliphatic rings. The van der Waals surface area contributed by atoms with Crippen LogP contribution in [0.3, 0.4) is 0 Å². The van der Waals surface area contributed by atoms with Gasteiger partial charge in [0, 0.05) is 27.5 Å². The van der Waals surface area contributed by atoms with Crippen molar-refractivity contribution in [3.8, 4) is 0 Å². The van der Waals surface area contributed by atoms with Gasteiger partial charge in [0.15, 0.2) is 5.11 Å². The van der Waals surface area contributed by atoms with Crippen molar-refractivity contribution in [3.05, 3.63) is 94.5 Å². The molecule has 2 amide bonds. The lowest BCUT2D eigenvalue weighted by atomic mass is 10.1. The van der Waals surface area contributed by atoms with Gasteiger partial charge in [-0.2, -0.15) is 0 Å². The summed E-state index contributed by atoms with van der Waals surface area (Å²) in [6.45, 7) is 1.86. The molecule has 0 bridgehead atoms. The molecule has 3 aromatic rings. The summed E-state index contributed by atoms with van der Waals surface area (Å²) in [4.78, 5) is 24.6. The number of carbonyl (C=O) groups is 2. The Morgan fingerprint density at radius 3 is 2.14 bits per heavy atom. The molecule has 0 aromatic heterocycles. The Kier molecular flexibility index (Phi) is 6.59. The van der Waals surface area contributed by atoms with Crippen LogP contribution < -0.4 is 16.0 Å². The first-order valence-corrected chi connectivity index (χ1v) is 9.56. The Hall–Kier alpha value is -3.22. The number of amides is 2. The lowest BCUT2D eigenvalue weighted by Crippen LogP contribution is -2.34. The predicted molar refractivity (Wildman–Crippen MR) is 121 cm³/mol. The molecule has 0 aliphatic heterocycles. The molecule has 3 aromatic carbocycles. The molecule has 3 rings (SSSR count). The van der Waals surface area contributed by atoms with Crippen LogP contribution in [0.2, 0.25) is 5.02 Å². The van der Waals surface area contributed by atoms with Crippen molar-refractivity contribution >= 4 is 52.1 Å². The summed E-state index contributed by atoms with van der Waals surface area (Å²) >= 11 is 11.1. The molecule has 146 valence electrons. The number of nitrogens with one attached hydrogen (secondary N) is 3. The molecule has 0 heterocycles. The number of hydrogen-bond acceptors (Lipinski definition) is 3. The van der Waals surface area contributed by atoms with E-state index in [0.29, 0.717) is 27.5 Å². The van der Waals surface area contributed by atoms with E-state index in [1.807, 2.05) is 19.1 Å². The largest absolute Gasteiger partial charge is 0.332 e. The maximum absolute atomic E-state index is 12.3. The predicted octanol–water partition coefficient (Wildman–Crippen LogP) is 5.03. The lowest BCUT2D eigenvalue weighted by Gasteiger charge is -2.11. The van der Waals surface area contributed by atoms with Gasteiger partial charge in [-0.15, -0.1) is 0 Å². The summed E-state index contributed by atoms with van der Waals surface area (Å²) in [6, 6.07) is 21.0. The van der Waals surface area contributed by atoms with E-state index in [4.69, 9.17) is 23.8 Å². The molecule has 0 saturated heterocycles. The zero-order chi connectivity index (χ0) is 20.8. The molecule has 7 heteroatoms. The van der Waals surface area contributed by atoms with Crippen LogP contribution >= 0.6 is 23.8 Å². The maximum atomic E-state index is 12.3. The fourth-order valence-electron chi connectivity index (χ4n) is 2.63. The Bertz CT molecular complexity index is 1070. The van der Waals surface area contributed by atoms with Crippen molar-refractivity contribution < 1.29 is 9.59 Å². The minimum atomic E-state index is -0.272. The summed E-state index contributed by atoms with van der Waals surface area (Å²) in [5.74, 6) is -0.528. The third-order valence-corrected chi connectivity index (χ3v) is 4.54. The van der Waals surface area contributed by atoms with E-state index >= 15 is 0 Å². The summed E-state index contributed by atoms with van der Waals surface area (Å²) in [7, 11) is 0. The van der Waals surface area contributed by atoms with Crippen LogP contribution in [0.4, 0.5) is 11.4 Å². The van der Waals surface area contributed by atoms with Gasteiger partial charge in [-0.3, -0.25) is 14.9 Å². The topological polar surface area (TPSA) is 70.2 Å². The van der Waals surface area contributed by atoms with Gasteiger partial charge in [0.2, 0.25) is 0 Å². The SMILES string of the molecule is Cc1ccccc1C(=O)NC(=S)Nc1ccc(NC(=O)c2cccc(Cl)c2)cc1. The first-order valence-electron chi connectivity index (χ1n) is 8.77. The molecule has 0 radical (unpaired) electrons. The van der Waals surface area contributed by atoms with E-state index in [1.54, 1.807) is 60.7 Å². The van der Waals surface area contributed by atoms with Crippen molar-refractivity contribution in [1.82, 2.24) is 5.32 Å². The molecule has 0 aliphatic carbocycles. The van der Waals surface area contributed by atoms with Gasteiger partial charge in [0.1, 0.15) is 0 Å². The smallest absolute Gasteiger partial charge is 0.257 e. The van der Waals surface area contributed by atoms with Crippen molar-refractivity contribution in [3.63, 3.8) is 0 Å². The van der Waals surface area contributed by atoms with Gasteiger partial charge in [-0.1, -0.05) is 35.9 Å². The zero-order valence-electron chi connectivity index (χ0n) is 15.5. The second kappa shape index (κ2) is 9.32. The van der Waals surface area contributed by atoms with E-state index < -0.39 is 0 Å². The molecule has 0 spiro atoms. The standard InChI is InChI=1S/C22H18ClN3O2S/c1-14-5-2-3-8-19(14)21(28)26-22(29)25-18-11-9-17(10-12-18)24-20(27)15-6-4-7-16(23)13-15/h2-13H,1H3,(H,24,27)(H2,25,26,28,29). The molecule has 0 unspecified atom stereocenters. The van der Waals surface area contributed by atoms with Crippen LogP contribution in [0, 0.1) is 6.92 Å². The summed E-state index contributed by atoms with van der Waals surface area (Å²) < 4.78 is 0. The second-order valence-electron chi connectivity index (χ2n) is 6.26. The average molecular weight is 424 g/mol. The fraction of sp³-hybridized carbons (Fsp3) is 0.0455. The molecule has 0 saturated carbocycles. The number of carbonyl (C=O) groups excluding carboxylic acids is 2. The van der Waals surface area contributed by atoms with Gasteiger partial charge < -0.3 is 10.6 Å². The average Bonchev–Trinajstić information content (AvgIpc) is 2.69. The lowest BCUT2D eigenvalue weighted by molar-refractivity contribution is 0.0975. The van der Waals surface area contributed by atoms with E-state index in [2.05, 4.69) is 16.0 Å². The first kappa shape index (κ1) is 20.5. The molecular weight excluding hydrogens is 406 g/mol. The number of aryl methyl sites for hydroxylation is 1. The highest BCUT2D eigenvalue weighted by molar-refractivity contribution is 7.80. The van der Waals surface area contributed by atoms with E-state index in [1.165, 1.54) is 0 Å². The number of thiocarbonyl (C=S) groups is 1. The molecular formula is C22H18ClN3O2S. The quantitative estimate of drug-likeness (QED) is 0.515. The van der Waals surface area contributed by atoms with Crippen LogP contribution in [0.15, 0.2) is 72.8 Å². The fourth-order valence-corrected chi connectivity index (χ4v) is 3.03. The second-order valence-corrected chi connectivity index (χ2v) is 7.11. The minimum absolute atomic E-state index is 0.189. The summed E-state index contributed by atoms with van der Waals surface area (Å²) in [5, 5.41) is 9.09. The van der Waals surface area contributed by atoms with Crippen LogP contribution in [0.5, 0.6) is 0 Å². The number of benzene rings is 3. The molecule has 5 nitrogen and oxygen atoms in total. The highest BCUT2D eigenvalue weighted by Crippen LogP contribution is 2.16. The van der Waals surface area contributed by atoms with Crippen LogP contribution in [0.25, 0.3) is 0 Å². The highest BCUT2D eigenvalue weighted by Gasteiger charge is 2.10. The third-order valence-electron chi connectivity index (χ3n) is 4.10. The Morgan fingerprint density at radius 1 is 0.828 bits per heavy atom. The zero-order valence-corrected chi connectivity index (χ0v) is 17.1. The van der Waals surface area contributed by atoms with Gasteiger partial charge in [0.05, 0.1) is 0 Å². The monoisotopic (exact) mass is 423 g/mol. The highest BCUT2D eigenvalue weighted by atomic mass is 35.5. The van der Waals surface area contributed by atoms with Crippen molar-refractivity contribution in [2.24, 2.45) is 0 Å². The van der Waals surface area contributed by atoms with E-state index in [9.17, 15) is 9.59 Å². The van der Waals surface area contributed by atoms with Crippen LogP contribution in [-0.4, -0.2) is 16.9 Å². The first-order chi connectivity index (χ1) is 13.9. The minimum Gasteiger partial charge on any atom is -0.332 e. The number of hydrogen-bond donors (Lipinski definition) is 3. The Morgan fingerprint density at radius 2 is 1.48 bits per heavy atom. The van der Waals surface area contributed by atoms with Gasteiger partial charge >= 0.3 is 0 Å². The van der Waals surface area contributed by atoms with Crippen LogP contribution in [-0.2, 0) is 0 Å². The summed E-state index contributed by atoms with van der Waals surface area (Å²) in [6.07, 6.45) is 0. The summed E-state index contributed by atoms with van der Waals surface area (Å²) in [5.41, 5.74) is 3.21. The van der Waals surface area contributed by atoms with E-state index in [0.717, 1.165) is 5.56 Å². The third kappa shape index (κ3) is 5.63. The van der Waals surface area contributed by atoms with Crippen molar-refractivity contribution in [2.45, 2.75) is 6.92 Å². The van der Waals surface area contributed by atoms with E-state index in [-0.39, 0.29) is 16.9 Å². The van der Waals surface area contributed by atoms with Gasteiger partial charge in [0.25, 0.3) is 11.8 Å². The van der Waals surface area contributed by atoms with Gasteiger partial charge in [-0.05, 0) is 73.2 Å². The normalized spacial score (nSPS) is 10.1. The molecule has 0 fully saturated rings. The maximum Gasteiger partial charge on any atom is 0.257 e. The molecule has 29 heavy (non-hydrogen) atoms. The Labute approximate surface area is 179 Å².